The summed E-state index contributed by atoms with van der Waals surface area (Å²) in [4.78, 5) is 2.25. The highest BCUT2D eigenvalue weighted by atomic mass is 15.1. The van der Waals surface area contributed by atoms with Crippen LogP contribution in [-0.4, -0.2) is 13.1 Å². The summed E-state index contributed by atoms with van der Waals surface area (Å²) < 4.78 is 0. The molecule has 16 heavy (non-hydrogen) atoms. The van der Waals surface area contributed by atoms with Crippen LogP contribution in [0.2, 0.25) is 0 Å². The Bertz CT molecular complexity index is 379. The minimum Gasteiger partial charge on any atom is -0.397 e. The second-order valence-corrected chi connectivity index (χ2v) is 3.82. The number of hydrogen-bond acceptors (Lipinski definition) is 3. The fourth-order valence-corrected chi connectivity index (χ4v) is 1.71. The molecule has 1 rings (SSSR count). The molecule has 0 aliphatic carbocycles. The predicted molar refractivity (Wildman–Crippen MR) is 68.4 cm³/mol. The predicted octanol–water partition coefficient (Wildman–Crippen LogP) is 2.77. The van der Waals surface area contributed by atoms with Crippen molar-refractivity contribution in [2.75, 3.05) is 23.7 Å². The van der Waals surface area contributed by atoms with Gasteiger partial charge in [0.25, 0.3) is 0 Å². The van der Waals surface area contributed by atoms with E-state index in [1.165, 1.54) is 6.42 Å². The molecule has 1 aromatic rings. The van der Waals surface area contributed by atoms with Gasteiger partial charge in [0.05, 0.1) is 23.0 Å². The Hall–Kier alpha value is -1.69. The Morgan fingerprint density at radius 2 is 2.12 bits per heavy atom. The first-order chi connectivity index (χ1) is 7.72. The molecule has 0 atom stereocenters. The van der Waals surface area contributed by atoms with Gasteiger partial charge in [0.15, 0.2) is 0 Å². The molecular weight excluding hydrogens is 198 g/mol. The number of nitrogens with two attached hydrogens (primary N) is 1. The second kappa shape index (κ2) is 6.02. The van der Waals surface area contributed by atoms with Crippen LogP contribution in [-0.2, 0) is 0 Å². The molecule has 0 saturated carbocycles. The third-order valence-electron chi connectivity index (χ3n) is 2.66. The van der Waals surface area contributed by atoms with Crippen LogP contribution in [0.1, 0.15) is 32.3 Å². The molecule has 0 unspecified atom stereocenters. The summed E-state index contributed by atoms with van der Waals surface area (Å²) in [6.45, 7) is 6.25. The minimum absolute atomic E-state index is 0.618. The summed E-state index contributed by atoms with van der Waals surface area (Å²) >= 11 is 0. The highest BCUT2D eigenvalue weighted by Crippen LogP contribution is 2.24. The Kier molecular flexibility index (Phi) is 4.65. The molecule has 0 heterocycles. The van der Waals surface area contributed by atoms with Crippen molar-refractivity contribution in [2.45, 2.75) is 26.7 Å². The SMILES string of the molecule is CCCCN(CC)c1ccc(C#N)cc1N. The van der Waals surface area contributed by atoms with E-state index in [1.54, 1.807) is 6.07 Å². The van der Waals surface area contributed by atoms with Crippen LogP contribution < -0.4 is 10.6 Å². The van der Waals surface area contributed by atoms with Crippen LogP contribution in [0.3, 0.4) is 0 Å². The third kappa shape index (κ3) is 2.90. The molecule has 0 radical (unpaired) electrons. The molecule has 0 aromatic heterocycles. The van der Waals surface area contributed by atoms with Crippen LogP contribution in [0.15, 0.2) is 18.2 Å². The lowest BCUT2D eigenvalue weighted by Gasteiger charge is -2.24. The maximum absolute atomic E-state index is 8.77. The molecule has 2 N–H and O–H groups in total. The molecule has 0 aliphatic rings. The molecular formula is C13H19N3. The molecule has 1 aromatic carbocycles. The zero-order valence-corrected chi connectivity index (χ0v) is 10.0. The Morgan fingerprint density at radius 3 is 2.62 bits per heavy atom. The number of hydrogen-bond donors (Lipinski definition) is 1. The van der Waals surface area contributed by atoms with E-state index in [2.05, 4.69) is 24.8 Å². The zero-order chi connectivity index (χ0) is 12.0. The third-order valence-corrected chi connectivity index (χ3v) is 2.66. The Labute approximate surface area is 97.5 Å². The van der Waals surface area contributed by atoms with E-state index in [0.717, 1.165) is 25.2 Å². The van der Waals surface area contributed by atoms with Crippen molar-refractivity contribution in [1.29, 1.82) is 5.26 Å². The van der Waals surface area contributed by atoms with E-state index in [9.17, 15) is 0 Å². The average Bonchev–Trinajstić information content (AvgIpc) is 2.31. The largest absolute Gasteiger partial charge is 0.397 e. The topological polar surface area (TPSA) is 53.0 Å². The van der Waals surface area contributed by atoms with Gasteiger partial charge in [-0.1, -0.05) is 13.3 Å². The van der Waals surface area contributed by atoms with Gasteiger partial charge in [-0.3, -0.25) is 0 Å². The fourth-order valence-electron chi connectivity index (χ4n) is 1.71. The summed E-state index contributed by atoms with van der Waals surface area (Å²) in [7, 11) is 0. The monoisotopic (exact) mass is 217 g/mol. The van der Waals surface area contributed by atoms with Crippen LogP contribution in [0.5, 0.6) is 0 Å². The minimum atomic E-state index is 0.618. The molecule has 86 valence electrons. The first kappa shape index (κ1) is 12.4. The smallest absolute Gasteiger partial charge is 0.0992 e. The first-order valence-corrected chi connectivity index (χ1v) is 5.77. The number of rotatable bonds is 5. The number of unbranched alkanes of at least 4 members (excludes halogenated alkanes) is 1. The van der Waals surface area contributed by atoms with Crippen molar-refractivity contribution in [2.24, 2.45) is 0 Å². The molecule has 0 aliphatic heterocycles. The van der Waals surface area contributed by atoms with E-state index in [4.69, 9.17) is 11.0 Å². The van der Waals surface area contributed by atoms with E-state index >= 15 is 0 Å². The van der Waals surface area contributed by atoms with Crippen LogP contribution in [0, 0.1) is 11.3 Å². The van der Waals surface area contributed by atoms with Crippen molar-refractivity contribution in [3.8, 4) is 6.07 Å². The number of nitriles is 1. The number of nitrogens with zero attached hydrogens (tertiary/aromatic N) is 2. The second-order valence-electron chi connectivity index (χ2n) is 3.82. The van der Waals surface area contributed by atoms with Crippen LogP contribution >= 0.6 is 0 Å². The highest BCUT2D eigenvalue weighted by molar-refractivity contribution is 5.69. The Morgan fingerprint density at radius 1 is 1.38 bits per heavy atom. The van der Waals surface area contributed by atoms with Gasteiger partial charge < -0.3 is 10.6 Å². The standard InChI is InChI=1S/C13H19N3/c1-3-5-8-16(4-2)13-7-6-11(10-14)9-12(13)15/h6-7,9H,3-5,8,15H2,1-2H3. The number of benzene rings is 1. The van der Waals surface area contributed by atoms with Gasteiger partial charge in [-0.15, -0.1) is 0 Å². The van der Waals surface area contributed by atoms with E-state index < -0.39 is 0 Å². The molecule has 0 amide bonds. The normalized spacial score (nSPS) is 9.81. The first-order valence-electron chi connectivity index (χ1n) is 5.77. The lowest BCUT2D eigenvalue weighted by molar-refractivity contribution is 0.733. The molecule has 0 saturated heterocycles. The van der Waals surface area contributed by atoms with Crippen LogP contribution in [0.4, 0.5) is 11.4 Å². The van der Waals surface area contributed by atoms with E-state index in [0.29, 0.717) is 11.3 Å². The van der Waals surface area contributed by atoms with Crippen molar-refractivity contribution in [1.82, 2.24) is 0 Å². The van der Waals surface area contributed by atoms with Crippen molar-refractivity contribution in [3.63, 3.8) is 0 Å². The quantitative estimate of drug-likeness (QED) is 0.771. The lowest BCUT2D eigenvalue weighted by Crippen LogP contribution is -2.24. The summed E-state index contributed by atoms with van der Waals surface area (Å²) in [6.07, 6.45) is 2.33. The average molecular weight is 217 g/mol. The van der Waals surface area contributed by atoms with E-state index in [1.807, 2.05) is 12.1 Å². The fraction of sp³-hybridized carbons (Fsp3) is 0.462. The lowest BCUT2D eigenvalue weighted by atomic mass is 10.1. The maximum Gasteiger partial charge on any atom is 0.0992 e. The molecule has 3 heteroatoms. The maximum atomic E-state index is 8.77. The Balaban J connectivity index is 2.89. The van der Waals surface area contributed by atoms with Gasteiger partial charge >= 0.3 is 0 Å². The van der Waals surface area contributed by atoms with Crippen molar-refractivity contribution < 1.29 is 0 Å². The van der Waals surface area contributed by atoms with Gasteiger partial charge in [0.2, 0.25) is 0 Å². The summed E-state index contributed by atoms with van der Waals surface area (Å²) in [5.74, 6) is 0. The molecule has 3 nitrogen and oxygen atoms in total. The molecule has 0 bridgehead atoms. The molecule has 0 fully saturated rings. The zero-order valence-electron chi connectivity index (χ0n) is 10.0. The van der Waals surface area contributed by atoms with Crippen molar-refractivity contribution >= 4 is 11.4 Å². The van der Waals surface area contributed by atoms with Crippen molar-refractivity contribution in [3.05, 3.63) is 23.8 Å². The number of nitrogen functional groups attached to an aromatic ring is 1. The summed E-state index contributed by atoms with van der Waals surface area (Å²) in [5, 5.41) is 8.77. The summed E-state index contributed by atoms with van der Waals surface area (Å²) in [6, 6.07) is 7.59. The molecule has 0 spiro atoms. The van der Waals surface area contributed by atoms with E-state index in [-0.39, 0.29) is 0 Å². The highest BCUT2D eigenvalue weighted by Gasteiger charge is 2.07. The van der Waals surface area contributed by atoms with Gasteiger partial charge in [-0.2, -0.15) is 5.26 Å². The van der Waals surface area contributed by atoms with Gasteiger partial charge in [0, 0.05) is 13.1 Å². The number of anilines is 2. The van der Waals surface area contributed by atoms with Gasteiger partial charge in [-0.05, 0) is 31.5 Å². The van der Waals surface area contributed by atoms with Crippen LogP contribution in [0.25, 0.3) is 0 Å². The van der Waals surface area contributed by atoms with Gasteiger partial charge in [-0.25, -0.2) is 0 Å². The van der Waals surface area contributed by atoms with Gasteiger partial charge in [0.1, 0.15) is 0 Å². The summed E-state index contributed by atoms with van der Waals surface area (Å²) in [5.41, 5.74) is 8.30.